The van der Waals surface area contributed by atoms with Crippen LogP contribution in [0.4, 0.5) is 17.6 Å². The summed E-state index contributed by atoms with van der Waals surface area (Å²) in [7, 11) is 0. The van der Waals surface area contributed by atoms with Gasteiger partial charge in [-0.1, -0.05) is 23.7 Å². The lowest BCUT2D eigenvalue weighted by molar-refractivity contribution is -0.137. The first-order valence-electron chi connectivity index (χ1n) is 10.1. The van der Waals surface area contributed by atoms with Gasteiger partial charge in [-0.25, -0.2) is 9.07 Å². The summed E-state index contributed by atoms with van der Waals surface area (Å²) in [6.45, 7) is 1.34. The van der Waals surface area contributed by atoms with E-state index < -0.39 is 34.6 Å². The molecule has 0 spiro atoms. The van der Waals surface area contributed by atoms with E-state index in [1.807, 2.05) is 0 Å². The number of aromatic nitrogens is 2. The molecule has 0 N–H and O–H groups in total. The maximum absolute atomic E-state index is 14.3. The number of rotatable bonds is 5. The second-order valence-electron chi connectivity index (χ2n) is 7.82. The number of aryl methyl sites for hydroxylation is 1. The zero-order chi connectivity index (χ0) is 23.9. The van der Waals surface area contributed by atoms with Gasteiger partial charge in [0, 0.05) is 28.4 Å². The Morgan fingerprint density at radius 3 is 2.52 bits per heavy atom. The van der Waals surface area contributed by atoms with Crippen molar-refractivity contribution in [2.24, 2.45) is 0 Å². The quantitative estimate of drug-likeness (QED) is 0.475. The van der Waals surface area contributed by atoms with Crippen molar-refractivity contribution in [1.82, 2.24) is 14.7 Å². The Kier molecular flexibility index (Phi) is 6.00. The lowest BCUT2D eigenvalue weighted by Crippen LogP contribution is -2.37. The first-order chi connectivity index (χ1) is 15.6. The predicted molar refractivity (Wildman–Crippen MR) is 114 cm³/mol. The fraction of sp³-hybridized carbons (Fsp3) is 0.261. The Labute approximate surface area is 191 Å². The molecule has 5 nitrogen and oxygen atoms in total. The molecule has 1 fully saturated rings. The molecule has 0 bridgehead atoms. The molecule has 1 aliphatic rings. The van der Waals surface area contributed by atoms with E-state index in [-0.39, 0.29) is 34.6 Å². The molecule has 0 saturated heterocycles. The van der Waals surface area contributed by atoms with E-state index >= 15 is 0 Å². The molecule has 2 aromatic carbocycles. The molecule has 0 atom stereocenters. The van der Waals surface area contributed by atoms with Crippen molar-refractivity contribution in [3.05, 3.63) is 92.1 Å². The zero-order valence-electron chi connectivity index (χ0n) is 17.4. The van der Waals surface area contributed by atoms with Gasteiger partial charge in [0.15, 0.2) is 5.69 Å². The van der Waals surface area contributed by atoms with Crippen molar-refractivity contribution in [2.75, 3.05) is 0 Å². The first-order valence-corrected chi connectivity index (χ1v) is 10.5. The lowest BCUT2D eigenvalue weighted by Gasteiger charge is -2.23. The third-order valence-corrected chi connectivity index (χ3v) is 5.72. The van der Waals surface area contributed by atoms with Gasteiger partial charge >= 0.3 is 6.18 Å². The third kappa shape index (κ3) is 4.78. The van der Waals surface area contributed by atoms with Crippen LogP contribution in [-0.4, -0.2) is 26.6 Å². The molecule has 1 aliphatic carbocycles. The van der Waals surface area contributed by atoms with Crippen LogP contribution in [0, 0.1) is 12.7 Å². The van der Waals surface area contributed by atoms with Crippen molar-refractivity contribution in [3.8, 4) is 5.69 Å². The number of carbonyl (C=O) groups excluding carboxylic acids is 1. The topological polar surface area (TPSA) is 55.2 Å². The lowest BCUT2D eigenvalue weighted by atomic mass is 10.1. The number of amides is 1. The van der Waals surface area contributed by atoms with Crippen LogP contribution in [0.5, 0.6) is 0 Å². The van der Waals surface area contributed by atoms with E-state index in [1.54, 1.807) is 0 Å². The summed E-state index contributed by atoms with van der Waals surface area (Å²) in [4.78, 5) is 27.3. The van der Waals surface area contributed by atoms with Crippen molar-refractivity contribution in [3.63, 3.8) is 0 Å². The molecule has 1 amide bonds. The summed E-state index contributed by atoms with van der Waals surface area (Å²) in [5, 5.41) is 4.25. The standard InChI is InChI=1S/C23H18ClF4N3O2/c1-13-10-20(32)21(29-31(13)16-5-2-4-14(11-16)23(26,27)28)22(33)30(15-8-9-15)12-17-18(24)6-3-7-19(17)25/h2-7,10-11,15H,8-9,12H2,1H3. The normalized spacial score (nSPS) is 13.8. The van der Waals surface area contributed by atoms with Crippen LogP contribution in [0.3, 0.4) is 0 Å². The summed E-state index contributed by atoms with van der Waals surface area (Å²) >= 11 is 6.11. The van der Waals surface area contributed by atoms with E-state index in [0.717, 1.165) is 22.9 Å². The molecule has 172 valence electrons. The average Bonchev–Trinajstić information content (AvgIpc) is 3.58. The minimum atomic E-state index is -4.57. The van der Waals surface area contributed by atoms with Crippen LogP contribution < -0.4 is 5.43 Å². The minimum Gasteiger partial charge on any atom is -0.330 e. The van der Waals surface area contributed by atoms with E-state index in [1.165, 1.54) is 42.2 Å². The smallest absolute Gasteiger partial charge is 0.330 e. The van der Waals surface area contributed by atoms with E-state index in [2.05, 4.69) is 5.10 Å². The van der Waals surface area contributed by atoms with Gasteiger partial charge in [0.2, 0.25) is 5.43 Å². The molecule has 0 unspecified atom stereocenters. The SMILES string of the molecule is Cc1cc(=O)c(C(=O)N(Cc2c(F)cccc2Cl)C2CC2)nn1-c1cccc(C(F)(F)F)c1. The van der Waals surface area contributed by atoms with Crippen molar-refractivity contribution >= 4 is 17.5 Å². The van der Waals surface area contributed by atoms with Crippen LogP contribution in [-0.2, 0) is 12.7 Å². The number of nitrogens with zero attached hydrogens (tertiary/aromatic N) is 3. The molecule has 3 aromatic rings. The largest absolute Gasteiger partial charge is 0.416 e. The van der Waals surface area contributed by atoms with Crippen LogP contribution in [0.15, 0.2) is 53.3 Å². The first kappa shape index (κ1) is 23.0. The zero-order valence-corrected chi connectivity index (χ0v) is 18.1. The molecule has 1 aromatic heterocycles. The Bertz CT molecular complexity index is 1270. The molecule has 10 heteroatoms. The van der Waals surface area contributed by atoms with E-state index in [0.29, 0.717) is 12.8 Å². The number of halogens is 5. The number of hydrogen-bond acceptors (Lipinski definition) is 3. The third-order valence-electron chi connectivity index (χ3n) is 5.37. The van der Waals surface area contributed by atoms with Crippen LogP contribution in [0.25, 0.3) is 5.69 Å². The highest BCUT2D eigenvalue weighted by Gasteiger charge is 2.36. The number of carbonyl (C=O) groups is 1. The van der Waals surface area contributed by atoms with Gasteiger partial charge in [0.1, 0.15) is 5.82 Å². The van der Waals surface area contributed by atoms with Crippen molar-refractivity contribution < 1.29 is 22.4 Å². The van der Waals surface area contributed by atoms with Gasteiger partial charge in [0.25, 0.3) is 5.91 Å². The molecule has 0 radical (unpaired) electrons. The summed E-state index contributed by atoms with van der Waals surface area (Å²) in [5.74, 6) is -1.32. The Balaban J connectivity index is 1.74. The molecule has 1 saturated carbocycles. The fourth-order valence-electron chi connectivity index (χ4n) is 3.51. The predicted octanol–water partition coefficient (Wildman–Crippen LogP) is 5.16. The van der Waals surface area contributed by atoms with Gasteiger partial charge < -0.3 is 4.90 Å². The molecule has 33 heavy (non-hydrogen) atoms. The number of alkyl halides is 3. The fourth-order valence-corrected chi connectivity index (χ4v) is 3.74. The maximum atomic E-state index is 14.3. The second kappa shape index (κ2) is 8.62. The summed E-state index contributed by atoms with van der Waals surface area (Å²) in [6.07, 6.45) is -3.22. The Morgan fingerprint density at radius 2 is 1.88 bits per heavy atom. The van der Waals surface area contributed by atoms with Crippen molar-refractivity contribution in [2.45, 2.75) is 38.5 Å². The van der Waals surface area contributed by atoms with Crippen LogP contribution >= 0.6 is 11.6 Å². The molecular formula is C23H18ClF4N3O2. The van der Waals surface area contributed by atoms with Crippen molar-refractivity contribution in [1.29, 1.82) is 0 Å². The number of benzene rings is 2. The highest BCUT2D eigenvalue weighted by Crippen LogP contribution is 2.32. The van der Waals surface area contributed by atoms with Crippen LogP contribution in [0.1, 0.15) is 40.2 Å². The average molecular weight is 480 g/mol. The second-order valence-corrected chi connectivity index (χ2v) is 8.23. The van der Waals surface area contributed by atoms with Gasteiger partial charge in [0.05, 0.1) is 17.8 Å². The summed E-state index contributed by atoms with van der Waals surface area (Å²) in [5.41, 5.74) is -1.60. The summed E-state index contributed by atoms with van der Waals surface area (Å²) < 4.78 is 54.9. The highest BCUT2D eigenvalue weighted by molar-refractivity contribution is 6.31. The van der Waals surface area contributed by atoms with E-state index in [4.69, 9.17) is 11.6 Å². The van der Waals surface area contributed by atoms with Gasteiger partial charge in [-0.2, -0.15) is 18.3 Å². The summed E-state index contributed by atoms with van der Waals surface area (Å²) in [6, 6.07) is 9.51. The minimum absolute atomic E-state index is 0.0477. The Morgan fingerprint density at radius 1 is 1.18 bits per heavy atom. The van der Waals surface area contributed by atoms with Gasteiger partial charge in [-0.05, 0) is 50.1 Å². The molecular weight excluding hydrogens is 462 g/mol. The maximum Gasteiger partial charge on any atom is 0.416 e. The highest BCUT2D eigenvalue weighted by atomic mass is 35.5. The van der Waals surface area contributed by atoms with Gasteiger partial charge in [-0.15, -0.1) is 0 Å². The van der Waals surface area contributed by atoms with Gasteiger partial charge in [-0.3, -0.25) is 9.59 Å². The monoisotopic (exact) mass is 479 g/mol. The number of hydrogen-bond donors (Lipinski definition) is 0. The molecule has 1 heterocycles. The molecule has 0 aliphatic heterocycles. The Hall–Kier alpha value is -3.20. The van der Waals surface area contributed by atoms with Crippen LogP contribution in [0.2, 0.25) is 5.02 Å². The molecule has 4 rings (SSSR count). The van der Waals surface area contributed by atoms with E-state index in [9.17, 15) is 27.2 Å².